The first-order chi connectivity index (χ1) is 6.70. The van der Waals surface area contributed by atoms with Crippen molar-refractivity contribution in [2.75, 3.05) is 20.0 Å². The fraction of sp³-hybridized carbons (Fsp3) is 1.00. The van der Waals surface area contributed by atoms with Gasteiger partial charge in [-0.15, -0.1) is 0 Å². The summed E-state index contributed by atoms with van der Waals surface area (Å²) >= 11 is 0. The van der Waals surface area contributed by atoms with Crippen molar-refractivity contribution in [3.8, 4) is 0 Å². The lowest BCUT2D eigenvalue weighted by Gasteiger charge is -2.16. The van der Waals surface area contributed by atoms with Crippen LogP contribution in [0.15, 0.2) is 0 Å². The minimum absolute atomic E-state index is 0.166. The van der Waals surface area contributed by atoms with Gasteiger partial charge in [0.1, 0.15) is 6.79 Å². The van der Waals surface area contributed by atoms with Crippen molar-refractivity contribution in [1.29, 1.82) is 0 Å². The molecule has 0 rings (SSSR count). The molecule has 0 bridgehead atoms. The zero-order valence-electron chi connectivity index (χ0n) is 9.66. The van der Waals surface area contributed by atoms with Crippen molar-refractivity contribution < 1.29 is 14.6 Å². The second-order valence-electron chi connectivity index (χ2n) is 3.88. The Hall–Kier alpha value is -0.120. The highest BCUT2D eigenvalue weighted by atomic mass is 16.7. The summed E-state index contributed by atoms with van der Waals surface area (Å²) in [4.78, 5) is 0. The van der Waals surface area contributed by atoms with Gasteiger partial charge in [-0.25, -0.2) is 0 Å². The van der Waals surface area contributed by atoms with Crippen LogP contribution in [-0.2, 0) is 9.47 Å². The van der Waals surface area contributed by atoms with Crippen molar-refractivity contribution in [2.45, 2.75) is 46.1 Å². The zero-order chi connectivity index (χ0) is 10.8. The maximum atomic E-state index is 8.84. The van der Waals surface area contributed by atoms with Crippen LogP contribution in [0.1, 0.15) is 40.0 Å². The Morgan fingerprint density at radius 3 is 2.57 bits per heavy atom. The molecule has 0 radical (unpaired) electrons. The van der Waals surface area contributed by atoms with E-state index in [1.54, 1.807) is 0 Å². The molecule has 0 amide bonds. The second-order valence-corrected chi connectivity index (χ2v) is 3.88. The van der Waals surface area contributed by atoms with Gasteiger partial charge in [-0.2, -0.15) is 0 Å². The molecule has 0 aliphatic rings. The quantitative estimate of drug-likeness (QED) is 0.462. The fourth-order valence-corrected chi connectivity index (χ4v) is 1.18. The minimum atomic E-state index is 0.166. The summed E-state index contributed by atoms with van der Waals surface area (Å²) in [5.74, 6) is 0.306. The van der Waals surface area contributed by atoms with E-state index in [2.05, 4.69) is 6.92 Å². The van der Waals surface area contributed by atoms with Gasteiger partial charge in [-0.1, -0.05) is 20.3 Å². The number of hydrogen-bond donors (Lipinski definition) is 1. The molecule has 0 spiro atoms. The number of aliphatic hydroxyl groups is 1. The largest absolute Gasteiger partial charge is 0.396 e. The van der Waals surface area contributed by atoms with E-state index in [-0.39, 0.29) is 12.7 Å². The highest BCUT2D eigenvalue weighted by Gasteiger charge is 2.07. The topological polar surface area (TPSA) is 38.7 Å². The maximum Gasteiger partial charge on any atom is 0.147 e. The molecule has 1 N–H and O–H groups in total. The molecule has 86 valence electrons. The number of aliphatic hydroxyl groups excluding tert-OH is 1. The van der Waals surface area contributed by atoms with Gasteiger partial charge < -0.3 is 14.6 Å². The van der Waals surface area contributed by atoms with E-state index in [9.17, 15) is 0 Å². The van der Waals surface area contributed by atoms with Gasteiger partial charge in [0.05, 0.1) is 6.10 Å². The van der Waals surface area contributed by atoms with Gasteiger partial charge in [0, 0.05) is 13.2 Å². The van der Waals surface area contributed by atoms with E-state index in [0.717, 1.165) is 25.9 Å². The molecule has 0 saturated carbocycles. The van der Waals surface area contributed by atoms with Crippen LogP contribution in [0.4, 0.5) is 0 Å². The molecule has 0 saturated heterocycles. The first-order valence-corrected chi connectivity index (χ1v) is 5.50. The molecule has 3 heteroatoms. The van der Waals surface area contributed by atoms with Crippen LogP contribution >= 0.6 is 0 Å². The van der Waals surface area contributed by atoms with Crippen LogP contribution in [0, 0.1) is 5.92 Å². The highest BCUT2D eigenvalue weighted by molar-refractivity contribution is 4.56. The molecule has 3 nitrogen and oxygen atoms in total. The summed E-state index contributed by atoms with van der Waals surface area (Å²) < 4.78 is 10.7. The lowest BCUT2D eigenvalue weighted by molar-refractivity contribution is -0.0905. The molecule has 0 unspecified atom stereocenters. The summed E-state index contributed by atoms with van der Waals surface area (Å²) in [6, 6.07) is 0. The molecule has 14 heavy (non-hydrogen) atoms. The Labute approximate surface area is 87.4 Å². The SMILES string of the molecule is CCCCOCO[C@@H](C)C[C@H](C)CO. The van der Waals surface area contributed by atoms with Crippen molar-refractivity contribution in [2.24, 2.45) is 5.92 Å². The molecule has 0 aromatic carbocycles. The van der Waals surface area contributed by atoms with E-state index in [1.807, 2.05) is 13.8 Å². The Morgan fingerprint density at radius 1 is 1.29 bits per heavy atom. The molecular formula is C11H24O3. The minimum Gasteiger partial charge on any atom is -0.396 e. The first-order valence-electron chi connectivity index (χ1n) is 5.50. The summed E-state index contributed by atoms with van der Waals surface area (Å²) in [6.07, 6.45) is 3.29. The van der Waals surface area contributed by atoms with E-state index < -0.39 is 0 Å². The smallest absolute Gasteiger partial charge is 0.147 e. The van der Waals surface area contributed by atoms with Gasteiger partial charge >= 0.3 is 0 Å². The number of rotatable bonds is 9. The Bertz CT molecular complexity index is 117. The van der Waals surface area contributed by atoms with Crippen molar-refractivity contribution >= 4 is 0 Å². The molecular weight excluding hydrogens is 180 g/mol. The lowest BCUT2D eigenvalue weighted by atomic mass is 10.1. The standard InChI is InChI=1S/C11H24O3/c1-4-5-6-13-9-14-11(3)7-10(2)8-12/h10-12H,4-9H2,1-3H3/t10-,11-/m0/s1. The van der Waals surface area contributed by atoms with Crippen LogP contribution in [0.25, 0.3) is 0 Å². The van der Waals surface area contributed by atoms with Crippen molar-refractivity contribution in [3.63, 3.8) is 0 Å². The van der Waals surface area contributed by atoms with E-state index in [1.165, 1.54) is 0 Å². The van der Waals surface area contributed by atoms with E-state index >= 15 is 0 Å². The van der Waals surface area contributed by atoms with E-state index in [0.29, 0.717) is 12.7 Å². The first kappa shape index (κ1) is 13.9. The molecule has 0 aliphatic carbocycles. The van der Waals surface area contributed by atoms with Gasteiger partial charge in [0.2, 0.25) is 0 Å². The van der Waals surface area contributed by atoms with Crippen LogP contribution in [0.3, 0.4) is 0 Å². The molecule has 0 heterocycles. The zero-order valence-corrected chi connectivity index (χ0v) is 9.66. The Morgan fingerprint density at radius 2 is 2.00 bits per heavy atom. The van der Waals surface area contributed by atoms with Gasteiger partial charge in [0.15, 0.2) is 0 Å². The van der Waals surface area contributed by atoms with Gasteiger partial charge in [0.25, 0.3) is 0 Å². The van der Waals surface area contributed by atoms with Gasteiger partial charge in [-0.3, -0.25) is 0 Å². The summed E-state index contributed by atoms with van der Waals surface area (Å²) in [5.41, 5.74) is 0. The number of unbranched alkanes of at least 4 members (excludes halogenated alkanes) is 1. The Kier molecular flexibility index (Phi) is 9.35. The number of ether oxygens (including phenoxy) is 2. The Balaban J connectivity index is 3.22. The number of hydrogen-bond acceptors (Lipinski definition) is 3. The summed E-state index contributed by atoms with van der Waals surface area (Å²) in [7, 11) is 0. The molecule has 2 atom stereocenters. The van der Waals surface area contributed by atoms with E-state index in [4.69, 9.17) is 14.6 Å². The molecule has 0 aliphatic heterocycles. The third-order valence-corrected chi connectivity index (χ3v) is 2.12. The molecule has 0 fully saturated rings. The second kappa shape index (κ2) is 9.44. The van der Waals surface area contributed by atoms with Crippen LogP contribution in [0.5, 0.6) is 0 Å². The average Bonchev–Trinajstić information content (AvgIpc) is 2.17. The monoisotopic (exact) mass is 204 g/mol. The normalized spacial score (nSPS) is 15.4. The van der Waals surface area contributed by atoms with Crippen LogP contribution in [0.2, 0.25) is 0 Å². The third kappa shape index (κ3) is 8.48. The average molecular weight is 204 g/mol. The highest BCUT2D eigenvalue weighted by Crippen LogP contribution is 2.07. The molecule has 0 aromatic heterocycles. The van der Waals surface area contributed by atoms with Crippen molar-refractivity contribution in [1.82, 2.24) is 0 Å². The van der Waals surface area contributed by atoms with Crippen LogP contribution in [-0.4, -0.2) is 31.2 Å². The maximum absolute atomic E-state index is 8.84. The molecule has 0 aromatic rings. The summed E-state index contributed by atoms with van der Waals surface area (Å²) in [6.45, 7) is 7.53. The van der Waals surface area contributed by atoms with Crippen molar-refractivity contribution in [3.05, 3.63) is 0 Å². The third-order valence-electron chi connectivity index (χ3n) is 2.12. The predicted octanol–water partition coefficient (Wildman–Crippen LogP) is 2.18. The van der Waals surface area contributed by atoms with Crippen LogP contribution < -0.4 is 0 Å². The van der Waals surface area contributed by atoms with Gasteiger partial charge in [-0.05, 0) is 25.7 Å². The predicted molar refractivity (Wildman–Crippen MR) is 57.1 cm³/mol. The summed E-state index contributed by atoms with van der Waals surface area (Å²) in [5, 5.41) is 8.84. The fourth-order valence-electron chi connectivity index (χ4n) is 1.18. The lowest BCUT2D eigenvalue weighted by Crippen LogP contribution is -2.16.